The van der Waals surface area contributed by atoms with Gasteiger partial charge in [-0.25, -0.2) is 0 Å². The Morgan fingerprint density at radius 2 is 0.826 bits per heavy atom. The fourth-order valence-corrected chi connectivity index (χ4v) is 5.53. The summed E-state index contributed by atoms with van der Waals surface area (Å²) < 4.78 is 11.5. The molecule has 0 radical (unpaired) electrons. The highest BCUT2D eigenvalue weighted by Crippen LogP contribution is 2.40. The lowest BCUT2D eigenvalue weighted by Crippen LogP contribution is -1.96. The Morgan fingerprint density at radius 1 is 0.457 bits per heavy atom. The van der Waals surface area contributed by atoms with E-state index in [9.17, 15) is 0 Å². The van der Waals surface area contributed by atoms with Crippen molar-refractivity contribution in [2.75, 3.05) is 37.9 Å². The molecule has 0 bridgehead atoms. The van der Waals surface area contributed by atoms with E-state index in [1.54, 1.807) is 14.2 Å². The highest BCUT2D eigenvalue weighted by molar-refractivity contribution is 6.01. The topological polar surface area (TPSA) is 92.0 Å². The number of nitrogens with zero attached hydrogens (tertiary/aromatic N) is 4. The third-order valence-electron chi connectivity index (χ3n) is 7.76. The number of hydrogen-bond donors (Lipinski definition) is 2. The first-order valence-corrected chi connectivity index (χ1v) is 15.3. The molecule has 6 rings (SSSR count). The molecule has 8 heteroatoms. The lowest BCUT2D eigenvalue weighted by Gasteiger charge is -2.11. The first-order valence-electron chi connectivity index (χ1n) is 15.3. The van der Waals surface area contributed by atoms with E-state index in [0.29, 0.717) is 22.9 Å². The van der Waals surface area contributed by atoms with Crippen molar-refractivity contribution in [3.05, 3.63) is 109 Å². The molecule has 0 aliphatic carbocycles. The van der Waals surface area contributed by atoms with Gasteiger partial charge < -0.3 is 20.1 Å². The Hall–Kier alpha value is -5.76. The standard InChI is InChI=1S/C38H36N6O2/c1-5-39-31-19-21-33(29-13-9-7-11-27(29)31)41-43-35-17-15-25(23-37(35)45-3)26-16-18-36(38(24-26)46-4)44-42-34-22-20-32(40-6-2)28-12-8-10-14-30(28)34/h7-24,39-40H,5-6H2,1-4H3. The van der Waals surface area contributed by atoms with Crippen molar-refractivity contribution < 1.29 is 9.47 Å². The molecule has 0 aliphatic heterocycles. The normalized spacial score (nSPS) is 11.5. The fourth-order valence-electron chi connectivity index (χ4n) is 5.53. The van der Waals surface area contributed by atoms with Crippen LogP contribution in [0, 0.1) is 0 Å². The smallest absolute Gasteiger partial charge is 0.146 e. The summed E-state index contributed by atoms with van der Waals surface area (Å²) in [6, 6.07) is 36.2. The molecule has 0 amide bonds. The number of nitrogens with one attached hydrogen (secondary N) is 2. The van der Waals surface area contributed by atoms with Gasteiger partial charge in [0.25, 0.3) is 0 Å². The molecule has 46 heavy (non-hydrogen) atoms. The Bertz CT molecular complexity index is 1920. The van der Waals surface area contributed by atoms with Crippen LogP contribution in [0.25, 0.3) is 32.7 Å². The van der Waals surface area contributed by atoms with Gasteiger partial charge in [-0.1, -0.05) is 60.7 Å². The van der Waals surface area contributed by atoms with Gasteiger partial charge in [0.2, 0.25) is 0 Å². The van der Waals surface area contributed by atoms with Crippen molar-refractivity contribution in [1.82, 2.24) is 0 Å². The van der Waals surface area contributed by atoms with E-state index >= 15 is 0 Å². The quantitative estimate of drug-likeness (QED) is 0.143. The van der Waals surface area contributed by atoms with Gasteiger partial charge in [0.05, 0.1) is 25.6 Å². The minimum atomic E-state index is 0.616. The molecular formula is C38H36N6O2. The molecule has 2 N–H and O–H groups in total. The van der Waals surface area contributed by atoms with Gasteiger partial charge in [0.1, 0.15) is 22.9 Å². The molecule has 0 saturated heterocycles. The van der Waals surface area contributed by atoms with Crippen LogP contribution in [0.15, 0.2) is 130 Å². The molecule has 230 valence electrons. The highest BCUT2D eigenvalue weighted by Gasteiger charge is 2.11. The van der Waals surface area contributed by atoms with E-state index in [1.165, 1.54) is 0 Å². The van der Waals surface area contributed by atoms with Crippen LogP contribution in [0.4, 0.5) is 34.1 Å². The molecule has 0 aliphatic rings. The molecule has 0 spiro atoms. The van der Waals surface area contributed by atoms with Gasteiger partial charge in [0, 0.05) is 46.0 Å². The first-order chi connectivity index (χ1) is 22.6. The number of rotatable bonds is 11. The maximum absolute atomic E-state index is 5.73. The third kappa shape index (κ3) is 6.23. The second-order valence-electron chi connectivity index (χ2n) is 10.6. The molecule has 0 aromatic heterocycles. The summed E-state index contributed by atoms with van der Waals surface area (Å²) in [7, 11) is 3.27. The van der Waals surface area contributed by atoms with Gasteiger partial charge in [-0.15, -0.1) is 20.5 Å². The van der Waals surface area contributed by atoms with Gasteiger partial charge >= 0.3 is 0 Å². The van der Waals surface area contributed by atoms with Crippen molar-refractivity contribution >= 4 is 55.7 Å². The average molecular weight is 609 g/mol. The zero-order chi connectivity index (χ0) is 31.9. The zero-order valence-electron chi connectivity index (χ0n) is 26.4. The number of benzene rings is 6. The molecular weight excluding hydrogens is 572 g/mol. The van der Waals surface area contributed by atoms with Crippen LogP contribution in [0.2, 0.25) is 0 Å². The minimum Gasteiger partial charge on any atom is -0.494 e. The number of fused-ring (bicyclic) bond motifs is 2. The van der Waals surface area contributed by atoms with Gasteiger partial charge in [-0.2, -0.15) is 0 Å². The van der Waals surface area contributed by atoms with Crippen molar-refractivity contribution in [1.29, 1.82) is 0 Å². The predicted molar refractivity (Wildman–Crippen MR) is 190 cm³/mol. The maximum Gasteiger partial charge on any atom is 0.146 e. The Morgan fingerprint density at radius 3 is 1.22 bits per heavy atom. The maximum atomic E-state index is 5.73. The van der Waals surface area contributed by atoms with Crippen molar-refractivity contribution in [3.63, 3.8) is 0 Å². The monoisotopic (exact) mass is 608 g/mol. The van der Waals surface area contributed by atoms with Crippen LogP contribution in [0.1, 0.15) is 13.8 Å². The van der Waals surface area contributed by atoms with Gasteiger partial charge in [-0.05, 0) is 73.5 Å². The highest BCUT2D eigenvalue weighted by atomic mass is 16.5. The lowest BCUT2D eigenvalue weighted by atomic mass is 10.0. The SMILES string of the molecule is CCNc1ccc(N=Nc2ccc(-c3ccc(N=Nc4ccc(NCC)c5ccccc45)c(OC)c3)cc2OC)c2ccccc12. The van der Waals surface area contributed by atoms with Crippen molar-refractivity contribution in [3.8, 4) is 22.6 Å². The summed E-state index contributed by atoms with van der Waals surface area (Å²) in [5.74, 6) is 1.23. The van der Waals surface area contributed by atoms with Crippen LogP contribution in [0.3, 0.4) is 0 Å². The summed E-state index contributed by atoms with van der Waals surface area (Å²) in [6.45, 7) is 5.86. The van der Waals surface area contributed by atoms with E-state index in [1.807, 2.05) is 84.9 Å². The molecule has 6 aromatic rings. The molecule has 6 aromatic carbocycles. The van der Waals surface area contributed by atoms with Crippen LogP contribution >= 0.6 is 0 Å². The zero-order valence-corrected chi connectivity index (χ0v) is 26.4. The van der Waals surface area contributed by atoms with E-state index in [0.717, 1.165) is 68.5 Å². The van der Waals surface area contributed by atoms with Crippen molar-refractivity contribution in [2.45, 2.75) is 13.8 Å². The number of azo groups is 2. The van der Waals surface area contributed by atoms with Gasteiger partial charge in [0.15, 0.2) is 0 Å². The van der Waals surface area contributed by atoms with E-state index in [-0.39, 0.29) is 0 Å². The Balaban J connectivity index is 1.27. The summed E-state index contributed by atoms with van der Waals surface area (Å²) in [5.41, 5.74) is 6.90. The number of ether oxygens (including phenoxy) is 2. The molecule has 0 heterocycles. The van der Waals surface area contributed by atoms with Crippen LogP contribution in [0.5, 0.6) is 11.5 Å². The minimum absolute atomic E-state index is 0.616. The summed E-state index contributed by atoms with van der Waals surface area (Å²) in [6.07, 6.45) is 0. The third-order valence-corrected chi connectivity index (χ3v) is 7.76. The van der Waals surface area contributed by atoms with Crippen LogP contribution in [-0.4, -0.2) is 27.3 Å². The fraction of sp³-hybridized carbons (Fsp3) is 0.158. The number of methoxy groups -OCH3 is 2. The van der Waals surface area contributed by atoms with Crippen LogP contribution in [-0.2, 0) is 0 Å². The lowest BCUT2D eigenvalue weighted by molar-refractivity contribution is 0.415. The van der Waals surface area contributed by atoms with E-state index in [2.05, 4.69) is 69.2 Å². The molecule has 0 fully saturated rings. The molecule has 0 unspecified atom stereocenters. The second kappa shape index (κ2) is 13.9. The predicted octanol–water partition coefficient (Wildman–Crippen LogP) is 11.4. The molecule has 8 nitrogen and oxygen atoms in total. The number of anilines is 2. The van der Waals surface area contributed by atoms with Crippen molar-refractivity contribution in [2.24, 2.45) is 20.5 Å². The summed E-state index contributed by atoms with van der Waals surface area (Å²) in [5, 5.41) is 29.5. The van der Waals surface area contributed by atoms with E-state index in [4.69, 9.17) is 9.47 Å². The second-order valence-corrected chi connectivity index (χ2v) is 10.6. The summed E-state index contributed by atoms with van der Waals surface area (Å²) in [4.78, 5) is 0. The number of hydrogen-bond acceptors (Lipinski definition) is 8. The largest absolute Gasteiger partial charge is 0.494 e. The molecule has 0 saturated carbocycles. The van der Waals surface area contributed by atoms with E-state index < -0.39 is 0 Å². The van der Waals surface area contributed by atoms with Gasteiger partial charge in [-0.3, -0.25) is 0 Å². The molecule has 0 atom stereocenters. The van der Waals surface area contributed by atoms with Crippen LogP contribution < -0.4 is 20.1 Å². The average Bonchev–Trinajstić information content (AvgIpc) is 3.11. The Kier molecular flexibility index (Phi) is 9.15. The first kappa shape index (κ1) is 30.3. The summed E-state index contributed by atoms with van der Waals surface area (Å²) >= 11 is 0. The Labute approximate surface area is 268 Å².